The first-order chi connectivity index (χ1) is 7.91. The maximum Gasteiger partial charge on any atom is 0.244 e. The van der Waals surface area contributed by atoms with Gasteiger partial charge in [-0.2, -0.15) is 0 Å². The molecule has 1 atom stereocenters. The molecule has 1 aliphatic rings. The first kappa shape index (κ1) is 11.9. The molecule has 4 nitrogen and oxygen atoms in total. The second kappa shape index (κ2) is 4.00. The van der Waals surface area contributed by atoms with Crippen molar-refractivity contribution in [2.75, 3.05) is 5.32 Å². The van der Waals surface area contributed by atoms with Crippen molar-refractivity contribution in [2.24, 2.45) is 11.7 Å². The van der Waals surface area contributed by atoms with Crippen LogP contribution in [-0.2, 0) is 4.79 Å². The lowest BCUT2D eigenvalue weighted by Crippen LogP contribution is -2.50. The predicted octanol–water partition coefficient (Wildman–Crippen LogP) is 1.60. The number of nitrogens with two attached hydrogens (primary N) is 1. The Kier molecular flexibility index (Phi) is 2.79. The molecule has 1 aromatic rings. The SMILES string of the molecule is C[C@@](N)(C(=O)Nc1cc(F)ccc1O)C1CC1. The van der Waals surface area contributed by atoms with Crippen LogP contribution in [0.15, 0.2) is 18.2 Å². The van der Waals surface area contributed by atoms with Gasteiger partial charge in [-0.15, -0.1) is 0 Å². The predicted molar refractivity (Wildman–Crippen MR) is 62.0 cm³/mol. The van der Waals surface area contributed by atoms with E-state index in [1.807, 2.05) is 0 Å². The van der Waals surface area contributed by atoms with Gasteiger partial charge in [0.25, 0.3) is 0 Å². The van der Waals surface area contributed by atoms with Gasteiger partial charge in [-0.05, 0) is 37.8 Å². The number of phenolic OH excluding ortho intramolecular Hbond substituents is 1. The van der Waals surface area contributed by atoms with Crippen molar-refractivity contribution in [3.63, 3.8) is 0 Å². The van der Waals surface area contributed by atoms with Crippen molar-refractivity contribution in [1.29, 1.82) is 0 Å². The number of nitrogens with one attached hydrogen (secondary N) is 1. The van der Waals surface area contributed by atoms with Crippen molar-refractivity contribution in [2.45, 2.75) is 25.3 Å². The number of phenols is 1. The van der Waals surface area contributed by atoms with E-state index >= 15 is 0 Å². The lowest BCUT2D eigenvalue weighted by Gasteiger charge is -2.23. The van der Waals surface area contributed by atoms with E-state index in [-0.39, 0.29) is 17.4 Å². The normalized spacial score (nSPS) is 18.5. The molecule has 92 valence electrons. The smallest absolute Gasteiger partial charge is 0.244 e. The van der Waals surface area contributed by atoms with Crippen LogP contribution in [0, 0.1) is 11.7 Å². The Morgan fingerprint density at radius 1 is 1.59 bits per heavy atom. The lowest BCUT2D eigenvalue weighted by molar-refractivity contribution is -0.121. The van der Waals surface area contributed by atoms with Gasteiger partial charge in [-0.1, -0.05) is 0 Å². The molecular formula is C12H15FN2O2. The summed E-state index contributed by atoms with van der Waals surface area (Å²) < 4.78 is 13.0. The van der Waals surface area contributed by atoms with Gasteiger partial charge in [0, 0.05) is 6.07 Å². The highest BCUT2D eigenvalue weighted by atomic mass is 19.1. The summed E-state index contributed by atoms with van der Waals surface area (Å²) in [5.74, 6) is -0.936. The second-order valence-corrected chi connectivity index (χ2v) is 4.67. The van der Waals surface area contributed by atoms with Crippen LogP contribution < -0.4 is 11.1 Å². The van der Waals surface area contributed by atoms with E-state index in [0.29, 0.717) is 0 Å². The zero-order valence-corrected chi connectivity index (χ0v) is 9.53. The van der Waals surface area contributed by atoms with Crippen LogP contribution in [-0.4, -0.2) is 16.6 Å². The summed E-state index contributed by atoms with van der Waals surface area (Å²) in [6.07, 6.45) is 1.85. The molecular weight excluding hydrogens is 223 g/mol. The molecule has 1 fully saturated rings. The molecule has 1 amide bonds. The molecule has 4 N–H and O–H groups in total. The van der Waals surface area contributed by atoms with Crippen molar-refractivity contribution in [3.05, 3.63) is 24.0 Å². The van der Waals surface area contributed by atoms with Gasteiger partial charge >= 0.3 is 0 Å². The molecule has 0 aromatic heterocycles. The van der Waals surface area contributed by atoms with Gasteiger partial charge in [-0.25, -0.2) is 4.39 Å². The largest absolute Gasteiger partial charge is 0.506 e. The van der Waals surface area contributed by atoms with Gasteiger partial charge < -0.3 is 16.2 Å². The summed E-state index contributed by atoms with van der Waals surface area (Å²) in [5, 5.41) is 11.9. The van der Waals surface area contributed by atoms with Gasteiger partial charge in [0.15, 0.2) is 0 Å². The van der Waals surface area contributed by atoms with E-state index in [4.69, 9.17) is 5.73 Å². The Morgan fingerprint density at radius 3 is 2.82 bits per heavy atom. The molecule has 17 heavy (non-hydrogen) atoms. The van der Waals surface area contributed by atoms with Crippen molar-refractivity contribution in [1.82, 2.24) is 0 Å². The second-order valence-electron chi connectivity index (χ2n) is 4.67. The number of carbonyl (C=O) groups is 1. The van der Waals surface area contributed by atoms with E-state index < -0.39 is 17.3 Å². The fourth-order valence-corrected chi connectivity index (χ4v) is 1.73. The standard InChI is InChI=1S/C12H15FN2O2/c1-12(14,7-2-3-7)11(17)15-9-6-8(13)4-5-10(9)16/h4-7,16H,2-3,14H2,1H3,(H,15,17)/t12-/m0/s1. The minimum Gasteiger partial charge on any atom is -0.506 e. The third-order valence-electron chi connectivity index (χ3n) is 3.12. The Labute approximate surface area is 98.6 Å². The summed E-state index contributed by atoms with van der Waals surface area (Å²) in [5.41, 5.74) is 4.99. The molecule has 0 saturated heterocycles. The van der Waals surface area contributed by atoms with Crippen molar-refractivity contribution < 1.29 is 14.3 Å². The van der Waals surface area contributed by atoms with Crippen LogP contribution in [0.4, 0.5) is 10.1 Å². The maximum absolute atomic E-state index is 13.0. The number of halogens is 1. The number of carbonyl (C=O) groups excluding carboxylic acids is 1. The molecule has 1 aliphatic carbocycles. The van der Waals surface area contributed by atoms with E-state index in [1.165, 1.54) is 6.07 Å². The third-order valence-corrected chi connectivity index (χ3v) is 3.12. The summed E-state index contributed by atoms with van der Waals surface area (Å²) in [7, 11) is 0. The lowest BCUT2D eigenvalue weighted by atomic mass is 9.96. The first-order valence-corrected chi connectivity index (χ1v) is 5.50. The molecule has 1 aromatic carbocycles. The van der Waals surface area contributed by atoms with E-state index in [1.54, 1.807) is 6.92 Å². The summed E-state index contributed by atoms with van der Waals surface area (Å²) in [6, 6.07) is 3.37. The van der Waals surface area contributed by atoms with Gasteiger partial charge in [0.05, 0.1) is 11.2 Å². The number of hydrogen-bond acceptors (Lipinski definition) is 3. The number of benzene rings is 1. The number of rotatable bonds is 3. The molecule has 0 radical (unpaired) electrons. The van der Waals surface area contributed by atoms with Crippen LogP contribution in [0.2, 0.25) is 0 Å². The quantitative estimate of drug-likeness (QED) is 0.700. The van der Waals surface area contributed by atoms with Gasteiger partial charge in [0.2, 0.25) is 5.91 Å². The molecule has 0 bridgehead atoms. The fraction of sp³-hybridized carbons (Fsp3) is 0.417. The van der Waals surface area contributed by atoms with Gasteiger partial charge in [0.1, 0.15) is 11.6 Å². The Balaban J connectivity index is 2.15. The highest BCUT2D eigenvalue weighted by Gasteiger charge is 2.44. The number of amides is 1. The third kappa shape index (κ3) is 2.39. The highest BCUT2D eigenvalue weighted by Crippen LogP contribution is 2.39. The summed E-state index contributed by atoms with van der Waals surface area (Å²) in [6.45, 7) is 1.65. The molecule has 5 heteroatoms. The zero-order valence-electron chi connectivity index (χ0n) is 9.53. The Bertz CT molecular complexity index is 456. The van der Waals surface area contributed by atoms with Crippen LogP contribution >= 0.6 is 0 Å². The van der Waals surface area contributed by atoms with Crippen molar-refractivity contribution in [3.8, 4) is 5.75 Å². The van der Waals surface area contributed by atoms with E-state index in [2.05, 4.69) is 5.32 Å². The summed E-state index contributed by atoms with van der Waals surface area (Å²) in [4.78, 5) is 11.9. The van der Waals surface area contributed by atoms with Gasteiger partial charge in [-0.3, -0.25) is 4.79 Å². The average molecular weight is 238 g/mol. The number of hydrogen-bond donors (Lipinski definition) is 3. The zero-order chi connectivity index (χ0) is 12.6. The molecule has 0 unspecified atom stereocenters. The molecule has 0 spiro atoms. The van der Waals surface area contributed by atoms with Crippen LogP contribution in [0.25, 0.3) is 0 Å². The molecule has 2 rings (SSSR count). The fourth-order valence-electron chi connectivity index (χ4n) is 1.73. The first-order valence-electron chi connectivity index (χ1n) is 5.50. The molecule has 1 saturated carbocycles. The molecule has 0 aliphatic heterocycles. The summed E-state index contributed by atoms with van der Waals surface area (Å²) >= 11 is 0. The maximum atomic E-state index is 13.0. The van der Waals surface area contributed by atoms with E-state index in [9.17, 15) is 14.3 Å². The Hall–Kier alpha value is -1.62. The highest BCUT2D eigenvalue weighted by molar-refractivity contribution is 5.99. The topological polar surface area (TPSA) is 75.4 Å². The molecule has 0 heterocycles. The minimum atomic E-state index is -0.973. The number of aromatic hydroxyl groups is 1. The van der Waals surface area contributed by atoms with E-state index in [0.717, 1.165) is 25.0 Å². The number of anilines is 1. The van der Waals surface area contributed by atoms with Crippen LogP contribution in [0.3, 0.4) is 0 Å². The monoisotopic (exact) mass is 238 g/mol. The minimum absolute atomic E-state index is 0.0484. The van der Waals surface area contributed by atoms with Crippen molar-refractivity contribution >= 4 is 11.6 Å². The Morgan fingerprint density at radius 2 is 2.24 bits per heavy atom. The van der Waals surface area contributed by atoms with Crippen LogP contribution in [0.5, 0.6) is 5.75 Å². The average Bonchev–Trinajstić information content (AvgIpc) is 3.07. The van der Waals surface area contributed by atoms with Crippen LogP contribution in [0.1, 0.15) is 19.8 Å².